The van der Waals surface area contributed by atoms with Crippen LogP contribution in [0.3, 0.4) is 0 Å². The van der Waals surface area contributed by atoms with Crippen LogP contribution in [0.5, 0.6) is 0 Å². The van der Waals surface area contributed by atoms with Crippen molar-refractivity contribution >= 4 is 0 Å². The fourth-order valence-electron chi connectivity index (χ4n) is 2.45. The van der Waals surface area contributed by atoms with Gasteiger partial charge in [-0.15, -0.1) is 0 Å². The van der Waals surface area contributed by atoms with Crippen LogP contribution in [0.2, 0.25) is 0 Å². The van der Waals surface area contributed by atoms with Crippen molar-refractivity contribution in [1.29, 1.82) is 0 Å². The van der Waals surface area contributed by atoms with Gasteiger partial charge < -0.3 is 15.8 Å². The quantitative estimate of drug-likeness (QED) is 0.709. The highest BCUT2D eigenvalue weighted by atomic mass is 16.5. The Morgan fingerprint density at radius 1 is 1.29 bits per heavy atom. The second-order valence-corrected chi connectivity index (χ2v) is 4.84. The highest BCUT2D eigenvalue weighted by molar-refractivity contribution is 4.99. The van der Waals surface area contributed by atoms with Gasteiger partial charge in [-0.25, -0.2) is 0 Å². The van der Waals surface area contributed by atoms with E-state index in [4.69, 9.17) is 10.5 Å². The Labute approximate surface area is 86.4 Å². The molecule has 2 saturated carbocycles. The molecule has 2 aliphatic carbocycles. The third-order valence-corrected chi connectivity index (χ3v) is 3.70. The zero-order chi connectivity index (χ0) is 10.0. The van der Waals surface area contributed by atoms with Crippen molar-refractivity contribution in [1.82, 2.24) is 5.32 Å². The van der Waals surface area contributed by atoms with Gasteiger partial charge in [0.05, 0.1) is 6.10 Å². The van der Waals surface area contributed by atoms with Crippen LogP contribution in [0.1, 0.15) is 38.5 Å². The molecule has 0 aromatic rings. The van der Waals surface area contributed by atoms with Gasteiger partial charge in [-0.2, -0.15) is 0 Å². The summed E-state index contributed by atoms with van der Waals surface area (Å²) in [6.45, 7) is 0.778. The summed E-state index contributed by atoms with van der Waals surface area (Å²) < 4.78 is 5.38. The number of hydrogen-bond donors (Lipinski definition) is 2. The first-order chi connectivity index (χ1) is 6.78. The van der Waals surface area contributed by atoms with Gasteiger partial charge in [0, 0.05) is 25.2 Å². The molecular weight excluding hydrogens is 176 g/mol. The molecule has 0 spiro atoms. The average Bonchev–Trinajstić information content (AvgIpc) is 3.03. The molecule has 3 N–H and O–H groups in total. The van der Waals surface area contributed by atoms with Crippen LogP contribution in [-0.4, -0.2) is 31.3 Å². The second-order valence-electron chi connectivity index (χ2n) is 4.84. The summed E-state index contributed by atoms with van der Waals surface area (Å²) in [5, 5.41) is 3.72. The number of hydrogen-bond acceptors (Lipinski definition) is 3. The average molecular weight is 198 g/mol. The molecule has 0 heterocycles. The Bertz CT molecular complexity index is 184. The van der Waals surface area contributed by atoms with E-state index in [0.717, 1.165) is 25.4 Å². The van der Waals surface area contributed by atoms with E-state index in [1.165, 1.54) is 25.7 Å². The summed E-state index contributed by atoms with van der Waals surface area (Å²) in [7, 11) is 1.81. The van der Waals surface area contributed by atoms with Crippen molar-refractivity contribution in [3.8, 4) is 0 Å². The molecule has 3 heteroatoms. The molecule has 2 aliphatic rings. The normalized spacial score (nSPS) is 38.6. The fraction of sp³-hybridized carbons (Fsp3) is 1.00. The van der Waals surface area contributed by atoms with Crippen LogP contribution in [-0.2, 0) is 4.74 Å². The fourth-order valence-corrected chi connectivity index (χ4v) is 2.45. The molecule has 0 radical (unpaired) electrons. The Morgan fingerprint density at radius 2 is 1.93 bits per heavy atom. The molecule has 0 saturated heterocycles. The van der Waals surface area contributed by atoms with Crippen LogP contribution < -0.4 is 11.1 Å². The first-order valence-corrected chi connectivity index (χ1v) is 5.78. The summed E-state index contributed by atoms with van der Waals surface area (Å²) in [6, 6.07) is 0.762. The van der Waals surface area contributed by atoms with E-state index in [1.54, 1.807) is 0 Å². The van der Waals surface area contributed by atoms with Crippen molar-refractivity contribution in [3.05, 3.63) is 0 Å². The van der Waals surface area contributed by atoms with Gasteiger partial charge in [-0.1, -0.05) is 0 Å². The van der Waals surface area contributed by atoms with Gasteiger partial charge in [0.15, 0.2) is 0 Å². The standard InChI is InChI=1S/C11H22N2O/c1-14-10-4-6-11(8-12,7-5-10)13-9-2-3-9/h9-10,13H,2-8,12H2,1H3. The minimum absolute atomic E-state index is 0.232. The van der Waals surface area contributed by atoms with E-state index in [-0.39, 0.29) is 5.54 Å². The minimum atomic E-state index is 0.232. The summed E-state index contributed by atoms with van der Waals surface area (Å²) in [5.74, 6) is 0. The predicted octanol–water partition coefficient (Wildman–Crippen LogP) is 1.02. The van der Waals surface area contributed by atoms with E-state index in [9.17, 15) is 0 Å². The van der Waals surface area contributed by atoms with Crippen LogP contribution in [0, 0.1) is 0 Å². The van der Waals surface area contributed by atoms with Gasteiger partial charge in [-0.3, -0.25) is 0 Å². The molecule has 0 bridgehead atoms. The van der Waals surface area contributed by atoms with Gasteiger partial charge in [0.25, 0.3) is 0 Å². The van der Waals surface area contributed by atoms with Gasteiger partial charge in [-0.05, 0) is 38.5 Å². The zero-order valence-corrected chi connectivity index (χ0v) is 9.09. The first-order valence-electron chi connectivity index (χ1n) is 5.78. The maximum Gasteiger partial charge on any atom is 0.0572 e. The summed E-state index contributed by atoms with van der Waals surface area (Å²) >= 11 is 0. The molecule has 0 aliphatic heterocycles. The molecule has 2 rings (SSSR count). The van der Waals surface area contributed by atoms with Crippen molar-refractivity contribution in [2.45, 2.75) is 56.2 Å². The Balaban J connectivity index is 1.86. The lowest BCUT2D eigenvalue weighted by Gasteiger charge is -2.40. The highest BCUT2D eigenvalue weighted by Gasteiger charge is 2.38. The van der Waals surface area contributed by atoms with Crippen LogP contribution >= 0.6 is 0 Å². The topological polar surface area (TPSA) is 47.3 Å². The number of nitrogens with two attached hydrogens (primary N) is 1. The third kappa shape index (κ3) is 2.27. The second kappa shape index (κ2) is 4.17. The summed E-state index contributed by atoms with van der Waals surface area (Å²) in [5.41, 5.74) is 6.13. The van der Waals surface area contributed by atoms with E-state index in [0.29, 0.717) is 6.10 Å². The molecule has 3 nitrogen and oxygen atoms in total. The van der Waals surface area contributed by atoms with Crippen molar-refractivity contribution in [2.75, 3.05) is 13.7 Å². The Hall–Kier alpha value is -0.120. The van der Waals surface area contributed by atoms with Crippen LogP contribution in [0.25, 0.3) is 0 Å². The molecule has 82 valence electrons. The maximum absolute atomic E-state index is 5.90. The summed E-state index contributed by atoms with van der Waals surface area (Å²) in [6.07, 6.45) is 7.83. The number of rotatable bonds is 4. The van der Waals surface area contributed by atoms with Crippen molar-refractivity contribution in [3.63, 3.8) is 0 Å². The Morgan fingerprint density at radius 3 is 2.36 bits per heavy atom. The molecule has 0 amide bonds. The van der Waals surface area contributed by atoms with Crippen molar-refractivity contribution in [2.24, 2.45) is 5.73 Å². The van der Waals surface area contributed by atoms with Gasteiger partial charge in [0.1, 0.15) is 0 Å². The van der Waals surface area contributed by atoms with Crippen LogP contribution in [0.4, 0.5) is 0 Å². The lowest BCUT2D eigenvalue weighted by molar-refractivity contribution is 0.0427. The number of ether oxygens (including phenoxy) is 1. The summed E-state index contributed by atoms with van der Waals surface area (Å²) in [4.78, 5) is 0. The van der Waals surface area contributed by atoms with Crippen molar-refractivity contribution < 1.29 is 4.74 Å². The first kappa shape index (κ1) is 10.4. The van der Waals surface area contributed by atoms with E-state index < -0.39 is 0 Å². The van der Waals surface area contributed by atoms with Crippen LogP contribution in [0.15, 0.2) is 0 Å². The Kier molecular flexibility index (Phi) is 3.10. The predicted molar refractivity (Wildman–Crippen MR) is 57.2 cm³/mol. The van der Waals surface area contributed by atoms with E-state index in [2.05, 4.69) is 5.32 Å². The lowest BCUT2D eigenvalue weighted by Crippen LogP contribution is -2.54. The van der Waals surface area contributed by atoms with Gasteiger partial charge in [0.2, 0.25) is 0 Å². The maximum atomic E-state index is 5.90. The minimum Gasteiger partial charge on any atom is -0.381 e. The van der Waals surface area contributed by atoms with E-state index >= 15 is 0 Å². The number of nitrogens with one attached hydrogen (secondary N) is 1. The highest BCUT2D eigenvalue weighted by Crippen LogP contribution is 2.32. The monoisotopic (exact) mass is 198 g/mol. The smallest absolute Gasteiger partial charge is 0.0572 e. The third-order valence-electron chi connectivity index (χ3n) is 3.70. The van der Waals surface area contributed by atoms with E-state index in [1.807, 2.05) is 7.11 Å². The zero-order valence-electron chi connectivity index (χ0n) is 9.09. The molecule has 0 unspecified atom stereocenters. The SMILES string of the molecule is COC1CCC(CN)(NC2CC2)CC1. The molecular formula is C11H22N2O. The molecule has 0 aromatic carbocycles. The molecule has 14 heavy (non-hydrogen) atoms. The lowest BCUT2D eigenvalue weighted by atomic mass is 9.80. The largest absolute Gasteiger partial charge is 0.381 e. The molecule has 2 fully saturated rings. The van der Waals surface area contributed by atoms with Gasteiger partial charge >= 0.3 is 0 Å². The molecule has 0 aromatic heterocycles. The number of methoxy groups -OCH3 is 1. The molecule has 0 atom stereocenters.